The molecule has 2 heterocycles. The Morgan fingerprint density at radius 2 is 2.36 bits per heavy atom. The number of thiophene rings is 1. The summed E-state index contributed by atoms with van der Waals surface area (Å²) in [6.07, 6.45) is 1.91. The van der Waals surface area contributed by atoms with Crippen LogP contribution in [0.2, 0.25) is 0 Å². The molecule has 0 spiro atoms. The third kappa shape index (κ3) is 1.91. The van der Waals surface area contributed by atoms with Crippen molar-refractivity contribution in [3.8, 4) is 0 Å². The van der Waals surface area contributed by atoms with E-state index in [9.17, 15) is 0 Å². The third-order valence-electron chi connectivity index (χ3n) is 1.98. The highest BCUT2D eigenvalue weighted by Crippen LogP contribution is 2.32. The highest BCUT2D eigenvalue weighted by Gasteiger charge is 2.16. The summed E-state index contributed by atoms with van der Waals surface area (Å²) in [5, 5.41) is 7.55. The molecule has 0 fully saturated rings. The minimum Gasteiger partial charge on any atom is -0.309 e. The minimum absolute atomic E-state index is 0.253. The molecule has 2 aromatic heterocycles. The predicted octanol–water partition coefficient (Wildman–Crippen LogP) is 3.28. The summed E-state index contributed by atoms with van der Waals surface area (Å²) in [5.41, 5.74) is 3.14. The van der Waals surface area contributed by atoms with Crippen molar-refractivity contribution in [3.05, 3.63) is 37.4 Å². The maximum Gasteiger partial charge on any atom is 0.0794 e. The maximum atomic E-state index is 4.10. The first-order valence-corrected chi connectivity index (χ1v) is 6.71. The Bertz CT molecular complexity index is 397. The molecule has 0 aliphatic heterocycles. The fourth-order valence-corrected chi connectivity index (χ4v) is 3.61. The summed E-state index contributed by atoms with van der Waals surface area (Å²) < 4.78 is 1.16. The second-order valence-electron chi connectivity index (χ2n) is 2.80. The van der Waals surface area contributed by atoms with Gasteiger partial charge in [-0.1, -0.05) is 0 Å². The lowest BCUT2D eigenvalue weighted by Crippen LogP contribution is -2.16. The van der Waals surface area contributed by atoms with Gasteiger partial charge in [-0.3, -0.25) is 4.98 Å². The Morgan fingerprint density at radius 1 is 1.50 bits per heavy atom. The monoisotopic (exact) mass is 288 g/mol. The van der Waals surface area contributed by atoms with E-state index in [1.165, 1.54) is 10.4 Å². The van der Waals surface area contributed by atoms with Crippen LogP contribution in [0, 0.1) is 0 Å². The molecule has 2 aromatic rings. The van der Waals surface area contributed by atoms with E-state index < -0.39 is 0 Å². The molecule has 1 N–H and O–H groups in total. The molecule has 1 atom stereocenters. The lowest BCUT2D eigenvalue weighted by Gasteiger charge is -2.12. The van der Waals surface area contributed by atoms with E-state index in [2.05, 4.69) is 37.0 Å². The van der Waals surface area contributed by atoms with Crippen molar-refractivity contribution in [2.45, 2.75) is 6.04 Å². The molecule has 0 saturated heterocycles. The molecule has 0 saturated carbocycles. The Kier molecular flexibility index (Phi) is 3.33. The number of thiazole rings is 1. The normalized spacial score (nSPS) is 13.0. The van der Waals surface area contributed by atoms with Crippen molar-refractivity contribution in [1.82, 2.24) is 10.3 Å². The molecule has 0 radical (unpaired) electrons. The van der Waals surface area contributed by atoms with Gasteiger partial charge in [0, 0.05) is 20.9 Å². The second kappa shape index (κ2) is 4.53. The maximum absolute atomic E-state index is 4.10. The molecule has 2 rings (SSSR count). The van der Waals surface area contributed by atoms with Crippen molar-refractivity contribution in [1.29, 1.82) is 0 Å². The van der Waals surface area contributed by atoms with Crippen molar-refractivity contribution in [3.63, 3.8) is 0 Å². The Morgan fingerprint density at radius 3 is 2.86 bits per heavy atom. The van der Waals surface area contributed by atoms with E-state index in [-0.39, 0.29) is 6.04 Å². The van der Waals surface area contributed by atoms with E-state index in [1.807, 2.05) is 18.8 Å². The topological polar surface area (TPSA) is 24.9 Å². The van der Waals surface area contributed by atoms with E-state index >= 15 is 0 Å². The van der Waals surface area contributed by atoms with Gasteiger partial charge in [0.25, 0.3) is 0 Å². The molecule has 74 valence electrons. The average Bonchev–Trinajstić information content (AvgIpc) is 2.80. The lowest BCUT2D eigenvalue weighted by molar-refractivity contribution is 0.702. The van der Waals surface area contributed by atoms with E-state index in [0.29, 0.717) is 0 Å². The van der Waals surface area contributed by atoms with Crippen LogP contribution in [-0.4, -0.2) is 12.0 Å². The first-order chi connectivity index (χ1) is 6.83. The van der Waals surface area contributed by atoms with Crippen LogP contribution >= 0.6 is 38.6 Å². The zero-order valence-electron chi connectivity index (χ0n) is 7.53. The van der Waals surface area contributed by atoms with Crippen molar-refractivity contribution in [2.75, 3.05) is 7.05 Å². The number of hydrogen-bond donors (Lipinski definition) is 1. The van der Waals surface area contributed by atoms with Gasteiger partial charge >= 0.3 is 0 Å². The molecular formula is C9H9BrN2S2. The number of nitrogens with zero attached hydrogens (tertiary/aromatic N) is 1. The highest BCUT2D eigenvalue weighted by molar-refractivity contribution is 9.10. The number of halogens is 1. The van der Waals surface area contributed by atoms with Gasteiger partial charge in [0.1, 0.15) is 0 Å². The fraction of sp³-hybridized carbons (Fsp3) is 0.222. The molecule has 0 aliphatic rings. The van der Waals surface area contributed by atoms with Crippen LogP contribution in [0.5, 0.6) is 0 Å². The first kappa shape index (κ1) is 10.3. The van der Waals surface area contributed by atoms with Gasteiger partial charge in [-0.15, -0.1) is 11.3 Å². The Balaban J connectivity index is 2.36. The molecule has 2 nitrogen and oxygen atoms in total. The zero-order valence-corrected chi connectivity index (χ0v) is 10.7. The molecule has 14 heavy (non-hydrogen) atoms. The standard InChI is InChI=1S/C9H9BrN2S2/c1-11-9(8-2-12-5-14-8)6-3-13-4-7(6)10/h2-5,9,11H,1H3. The second-order valence-corrected chi connectivity index (χ2v) is 5.32. The average molecular weight is 289 g/mol. The van der Waals surface area contributed by atoms with Crippen LogP contribution in [0.25, 0.3) is 0 Å². The van der Waals surface area contributed by atoms with Crippen LogP contribution in [0.1, 0.15) is 16.5 Å². The lowest BCUT2D eigenvalue weighted by atomic mass is 10.1. The van der Waals surface area contributed by atoms with Gasteiger partial charge in [-0.25, -0.2) is 0 Å². The summed E-state index contributed by atoms with van der Waals surface area (Å²) in [6.45, 7) is 0. The summed E-state index contributed by atoms with van der Waals surface area (Å²) in [6, 6.07) is 0.253. The van der Waals surface area contributed by atoms with Crippen molar-refractivity contribution in [2.24, 2.45) is 0 Å². The van der Waals surface area contributed by atoms with E-state index in [0.717, 1.165) is 4.47 Å². The summed E-state index contributed by atoms with van der Waals surface area (Å²) >= 11 is 6.93. The van der Waals surface area contributed by atoms with Crippen LogP contribution in [0.3, 0.4) is 0 Å². The molecule has 5 heteroatoms. The number of aromatic nitrogens is 1. The highest BCUT2D eigenvalue weighted by atomic mass is 79.9. The SMILES string of the molecule is CNC(c1cncs1)c1cscc1Br. The number of nitrogens with one attached hydrogen (secondary N) is 1. The van der Waals surface area contributed by atoms with E-state index in [1.54, 1.807) is 22.7 Å². The number of rotatable bonds is 3. The molecular weight excluding hydrogens is 280 g/mol. The predicted molar refractivity (Wildman–Crippen MR) is 65.0 cm³/mol. The first-order valence-electron chi connectivity index (χ1n) is 4.10. The molecule has 0 amide bonds. The van der Waals surface area contributed by atoms with Gasteiger partial charge in [0.15, 0.2) is 0 Å². The molecule has 0 aromatic carbocycles. The van der Waals surface area contributed by atoms with Crippen molar-refractivity contribution < 1.29 is 0 Å². The van der Waals surface area contributed by atoms with Crippen LogP contribution < -0.4 is 5.32 Å². The van der Waals surface area contributed by atoms with Crippen molar-refractivity contribution >= 4 is 38.6 Å². The van der Waals surface area contributed by atoms with Gasteiger partial charge in [-0.05, 0) is 33.9 Å². The number of hydrogen-bond acceptors (Lipinski definition) is 4. The zero-order chi connectivity index (χ0) is 9.97. The quantitative estimate of drug-likeness (QED) is 0.938. The summed E-state index contributed by atoms with van der Waals surface area (Å²) in [7, 11) is 1.97. The third-order valence-corrected chi connectivity index (χ3v) is 4.57. The molecule has 1 unspecified atom stereocenters. The fourth-order valence-electron chi connectivity index (χ4n) is 1.32. The van der Waals surface area contributed by atoms with Crippen LogP contribution in [-0.2, 0) is 0 Å². The molecule has 0 aliphatic carbocycles. The van der Waals surface area contributed by atoms with E-state index in [4.69, 9.17) is 0 Å². The van der Waals surface area contributed by atoms with Crippen LogP contribution in [0.15, 0.2) is 26.9 Å². The van der Waals surface area contributed by atoms with Gasteiger partial charge in [0.05, 0.1) is 11.6 Å². The largest absolute Gasteiger partial charge is 0.309 e. The van der Waals surface area contributed by atoms with Gasteiger partial charge in [-0.2, -0.15) is 11.3 Å². The van der Waals surface area contributed by atoms with Gasteiger partial charge in [0.2, 0.25) is 0 Å². The van der Waals surface area contributed by atoms with Gasteiger partial charge < -0.3 is 5.32 Å². The smallest absolute Gasteiger partial charge is 0.0794 e. The summed E-state index contributed by atoms with van der Waals surface area (Å²) in [5.74, 6) is 0. The summed E-state index contributed by atoms with van der Waals surface area (Å²) in [4.78, 5) is 5.34. The van der Waals surface area contributed by atoms with Crippen LogP contribution in [0.4, 0.5) is 0 Å². The Hall–Kier alpha value is -0.230. The molecule has 0 bridgehead atoms. The minimum atomic E-state index is 0.253. The Labute approximate surface area is 99.1 Å².